The third-order valence-corrected chi connectivity index (χ3v) is 6.69. The average molecular weight is 492 g/mol. The first-order valence-electron chi connectivity index (χ1n) is 11.4. The normalized spacial score (nSPS) is 11.0. The average Bonchev–Trinajstić information content (AvgIpc) is 3.60. The zero-order valence-corrected chi connectivity index (χ0v) is 20.2. The Balaban J connectivity index is 1.35. The van der Waals surface area contributed by atoms with Gasteiger partial charge in [-0.05, 0) is 29.8 Å². The molecule has 0 bridgehead atoms. The summed E-state index contributed by atoms with van der Waals surface area (Å²) >= 11 is 1.58. The van der Waals surface area contributed by atoms with Crippen LogP contribution in [0.2, 0.25) is 0 Å². The molecule has 0 N–H and O–H groups in total. The summed E-state index contributed by atoms with van der Waals surface area (Å²) in [4.78, 5) is 10.5. The molecule has 176 valence electrons. The number of hydrogen-bond donors (Lipinski definition) is 0. The van der Waals surface area contributed by atoms with Crippen LogP contribution < -0.4 is 9.47 Å². The molecule has 3 heterocycles. The van der Waals surface area contributed by atoms with E-state index in [0.717, 1.165) is 43.9 Å². The Morgan fingerprint density at radius 2 is 1.53 bits per heavy atom. The number of fused-ring (bicyclic) bond motifs is 1. The SMILES string of the molecule is COc1ccc(-c2cc(COc3nc(-c4ccccc4)nc4scc(-c5ccccc5)c34)on2)cc1. The Kier molecular flexibility index (Phi) is 5.89. The topological polar surface area (TPSA) is 70.3 Å². The molecule has 0 aliphatic carbocycles. The summed E-state index contributed by atoms with van der Waals surface area (Å²) in [6.07, 6.45) is 0. The van der Waals surface area contributed by atoms with E-state index in [9.17, 15) is 0 Å². The van der Waals surface area contributed by atoms with Crippen LogP contribution in [0.1, 0.15) is 5.76 Å². The Hall–Kier alpha value is -4.49. The highest BCUT2D eigenvalue weighted by Crippen LogP contribution is 2.39. The van der Waals surface area contributed by atoms with Gasteiger partial charge in [0.15, 0.2) is 18.2 Å². The molecular weight excluding hydrogens is 470 g/mol. The van der Waals surface area contributed by atoms with Gasteiger partial charge in [-0.25, -0.2) is 4.98 Å². The maximum absolute atomic E-state index is 6.28. The smallest absolute Gasteiger partial charge is 0.227 e. The summed E-state index contributed by atoms with van der Waals surface area (Å²) in [5.74, 6) is 2.53. The number of hydrogen-bond acceptors (Lipinski definition) is 7. The minimum Gasteiger partial charge on any atom is -0.497 e. The largest absolute Gasteiger partial charge is 0.497 e. The van der Waals surface area contributed by atoms with Gasteiger partial charge in [0.25, 0.3) is 0 Å². The van der Waals surface area contributed by atoms with E-state index in [0.29, 0.717) is 17.5 Å². The second-order valence-electron chi connectivity index (χ2n) is 8.11. The summed E-state index contributed by atoms with van der Waals surface area (Å²) in [7, 11) is 1.64. The molecule has 7 heteroatoms. The van der Waals surface area contributed by atoms with Crippen LogP contribution in [0.15, 0.2) is 101 Å². The second kappa shape index (κ2) is 9.64. The monoisotopic (exact) mass is 491 g/mol. The lowest BCUT2D eigenvalue weighted by molar-refractivity contribution is 0.244. The molecule has 0 aliphatic heterocycles. The highest BCUT2D eigenvalue weighted by atomic mass is 32.1. The Bertz CT molecular complexity index is 1610. The van der Waals surface area contributed by atoms with Crippen LogP contribution in [0.25, 0.3) is 44.0 Å². The predicted molar refractivity (Wildman–Crippen MR) is 141 cm³/mol. The molecule has 6 nitrogen and oxygen atoms in total. The number of methoxy groups -OCH3 is 1. The van der Waals surface area contributed by atoms with Gasteiger partial charge >= 0.3 is 0 Å². The van der Waals surface area contributed by atoms with Crippen molar-refractivity contribution in [1.29, 1.82) is 0 Å². The maximum atomic E-state index is 6.28. The molecule has 0 fully saturated rings. The molecule has 6 rings (SSSR count). The summed E-state index contributed by atoms with van der Waals surface area (Å²) < 4.78 is 17.1. The molecule has 6 aromatic rings. The van der Waals surface area contributed by atoms with Crippen LogP contribution in [0.4, 0.5) is 0 Å². The highest BCUT2D eigenvalue weighted by molar-refractivity contribution is 7.17. The summed E-state index contributed by atoms with van der Waals surface area (Å²) in [5, 5.41) is 7.20. The lowest BCUT2D eigenvalue weighted by Gasteiger charge is -2.09. The minimum absolute atomic E-state index is 0.188. The van der Waals surface area contributed by atoms with Gasteiger partial charge in [0.05, 0.1) is 12.5 Å². The molecule has 0 unspecified atom stereocenters. The van der Waals surface area contributed by atoms with Crippen molar-refractivity contribution in [2.75, 3.05) is 7.11 Å². The van der Waals surface area contributed by atoms with Crippen molar-refractivity contribution >= 4 is 21.6 Å². The van der Waals surface area contributed by atoms with E-state index in [1.807, 2.05) is 78.9 Å². The van der Waals surface area contributed by atoms with Crippen molar-refractivity contribution < 1.29 is 14.0 Å². The number of thiophene rings is 1. The van der Waals surface area contributed by atoms with Gasteiger partial charge < -0.3 is 14.0 Å². The fraction of sp³-hybridized carbons (Fsp3) is 0.0690. The van der Waals surface area contributed by atoms with Crippen LogP contribution in [-0.4, -0.2) is 22.2 Å². The lowest BCUT2D eigenvalue weighted by Crippen LogP contribution is -2.00. The zero-order valence-electron chi connectivity index (χ0n) is 19.4. The van der Waals surface area contributed by atoms with Gasteiger partial charge in [-0.1, -0.05) is 65.8 Å². The van der Waals surface area contributed by atoms with Gasteiger partial charge in [0.2, 0.25) is 5.88 Å². The number of aromatic nitrogens is 3. The van der Waals surface area contributed by atoms with Gasteiger partial charge in [-0.15, -0.1) is 11.3 Å². The molecule has 3 aromatic heterocycles. The maximum Gasteiger partial charge on any atom is 0.227 e. The van der Waals surface area contributed by atoms with E-state index in [-0.39, 0.29) is 6.61 Å². The van der Waals surface area contributed by atoms with E-state index < -0.39 is 0 Å². The molecular formula is C29H21N3O3S. The van der Waals surface area contributed by atoms with Crippen LogP contribution in [0, 0.1) is 0 Å². The van der Waals surface area contributed by atoms with Crippen LogP contribution in [0.3, 0.4) is 0 Å². The molecule has 0 saturated carbocycles. The Morgan fingerprint density at radius 3 is 2.25 bits per heavy atom. The van der Waals surface area contributed by atoms with E-state index >= 15 is 0 Å². The first-order valence-corrected chi connectivity index (χ1v) is 12.3. The number of ether oxygens (including phenoxy) is 2. The van der Waals surface area contributed by atoms with Gasteiger partial charge in [0, 0.05) is 28.1 Å². The molecule has 0 atom stereocenters. The van der Waals surface area contributed by atoms with Crippen LogP contribution in [-0.2, 0) is 6.61 Å². The Morgan fingerprint density at radius 1 is 0.806 bits per heavy atom. The van der Waals surface area contributed by atoms with Crippen molar-refractivity contribution in [1.82, 2.24) is 15.1 Å². The fourth-order valence-corrected chi connectivity index (χ4v) is 4.92. The van der Waals surface area contributed by atoms with E-state index in [1.54, 1.807) is 18.4 Å². The third-order valence-electron chi connectivity index (χ3n) is 5.81. The molecule has 36 heavy (non-hydrogen) atoms. The second-order valence-corrected chi connectivity index (χ2v) is 8.97. The summed E-state index contributed by atoms with van der Waals surface area (Å²) in [6.45, 7) is 0.188. The van der Waals surface area contributed by atoms with Crippen molar-refractivity contribution in [2.24, 2.45) is 0 Å². The van der Waals surface area contributed by atoms with E-state index in [2.05, 4.69) is 22.7 Å². The van der Waals surface area contributed by atoms with E-state index in [4.69, 9.17) is 24.0 Å². The first-order chi connectivity index (χ1) is 17.8. The highest BCUT2D eigenvalue weighted by Gasteiger charge is 2.18. The fourth-order valence-electron chi connectivity index (χ4n) is 3.98. The van der Waals surface area contributed by atoms with Gasteiger partial charge in [0.1, 0.15) is 16.3 Å². The van der Waals surface area contributed by atoms with Crippen LogP contribution >= 0.6 is 11.3 Å². The molecule has 0 saturated heterocycles. The molecule has 0 aliphatic rings. The van der Waals surface area contributed by atoms with Crippen molar-refractivity contribution in [3.05, 3.63) is 102 Å². The van der Waals surface area contributed by atoms with Gasteiger partial charge in [-0.2, -0.15) is 4.98 Å². The third kappa shape index (κ3) is 4.32. The van der Waals surface area contributed by atoms with Crippen molar-refractivity contribution in [3.8, 4) is 45.4 Å². The lowest BCUT2D eigenvalue weighted by atomic mass is 10.1. The minimum atomic E-state index is 0.188. The number of benzene rings is 3. The van der Waals surface area contributed by atoms with E-state index in [1.165, 1.54) is 0 Å². The molecule has 0 radical (unpaired) electrons. The zero-order chi connectivity index (χ0) is 24.3. The number of rotatable bonds is 7. The van der Waals surface area contributed by atoms with Gasteiger partial charge in [-0.3, -0.25) is 0 Å². The van der Waals surface area contributed by atoms with Crippen molar-refractivity contribution in [3.63, 3.8) is 0 Å². The standard InChI is InChI=1S/C29H21N3O3S/c1-33-22-14-12-20(13-15-22)25-16-23(35-32-25)17-34-28-26-24(19-8-4-2-5-9-19)18-36-29(26)31-27(30-28)21-10-6-3-7-11-21/h2-16,18H,17H2,1H3. The summed E-state index contributed by atoms with van der Waals surface area (Å²) in [6, 6.07) is 29.7. The van der Waals surface area contributed by atoms with Crippen molar-refractivity contribution in [2.45, 2.75) is 6.61 Å². The summed E-state index contributed by atoms with van der Waals surface area (Å²) in [5.41, 5.74) is 4.73. The van der Waals surface area contributed by atoms with Crippen LogP contribution in [0.5, 0.6) is 11.6 Å². The molecule has 0 amide bonds. The first kappa shape index (κ1) is 22.0. The number of nitrogens with zero attached hydrogens (tertiary/aromatic N) is 3. The Labute approximate surface area is 211 Å². The quantitative estimate of drug-likeness (QED) is 0.234. The predicted octanol–water partition coefficient (Wildman–Crippen LogP) is 7.27. The molecule has 0 spiro atoms. The molecule has 3 aromatic carbocycles.